The number of nitrogens with one attached hydrogen (secondary N) is 1. The monoisotopic (exact) mass is 253 g/mol. The number of hydrogen-bond donors (Lipinski definition) is 1. The molecule has 18 heavy (non-hydrogen) atoms. The van der Waals surface area contributed by atoms with Gasteiger partial charge >= 0.3 is 5.97 Å². The standard InChI is InChI=1S/C15H27NO2/c1-14(2)9-6-10-15(11-14,13(17)18-3)16-12-7-4-5-8-12/h12,16H,4-11H2,1-3H3. The van der Waals surface area contributed by atoms with E-state index in [0.29, 0.717) is 6.04 Å². The molecule has 1 N–H and O–H groups in total. The molecule has 1 unspecified atom stereocenters. The molecular weight excluding hydrogens is 226 g/mol. The Bertz CT molecular complexity index is 308. The topological polar surface area (TPSA) is 38.3 Å². The van der Waals surface area contributed by atoms with Gasteiger partial charge in [-0.05, 0) is 37.5 Å². The summed E-state index contributed by atoms with van der Waals surface area (Å²) < 4.78 is 5.10. The summed E-state index contributed by atoms with van der Waals surface area (Å²) in [6.45, 7) is 4.53. The molecule has 2 rings (SSSR count). The molecule has 0 spiro atoms. The first-order valence-electron chi connectivity index (χ1n) is 7.34. The summed E-state index contributed by atoms with van der Waals surface area (Å²) in [7, 11) is 1.52. The minimum Gasteiger partial charge on any atom is -0.468 e. The van der Waals surface area contributed by atoms with Gasteiger partial charge in [-0.1, -0.05) is 33.1 Å². The van der Waals surface area contributed by atoms with E-state index in [1.54, 1.807) is 0 Å². The van der Waals surface area contributed by atoms with Gasteiger partial charge in [-0.25, -0.2) is 0 Å². The average molecular weight is 253 g/mol. The normalized spacial score (nSPS) is 32.4. The third-order valence-electron chi connectivity index (χ3n) is 4.65. The molecule has 2 fully saturated rings. The molecule has 3 nitrogen and oxygen atoms in total. The number of carbonyl (C=O) groups is 1. The summed E-state index contributed by atoms with van der Waals surface area (Å²) in [4.78, 5) is 12.3. The van der Waals surface area contributed by atoms with Crippen molar-refractivity contribution < 1.29 is 9.53 Å². The molecule has 0 bridgehead atoms. The molecule has 2 aliphatic rings. The lowest BCUT2D eigenvalue weighted by molar-refractivity contribution is -0.152. The molecule has 0 heterocycles. The summed E-state index contributed by atoms with van der Waals surface area (Å²) in [6.07, 6.45) is 9.15. The summed E-state index contributed by atoms with van der Waals surface area (Å²) in [5.74, 6) is -0.0535. The molecule has 2 saturated carbocycles. The molecule has 0 aromatic rings. The van der Waals surface area contributed by atoms with E-state index in [4.69, 9.17) is 4.74 Å². The second-order valence-corrected chi connectivity index (χ2v) is 6.89. The Morgan fingerprint density at radius 3 is 2.39 bits per heavy atom. The second-order valence-electron chi connectivity index (χ2n) is 6.89. The van der Waals surface area contributed by atoms with Crippen LogP contribution in [0.5, 0.6) is 0 Å². The predicted octanol–water partition coefficient (Wildman–Crippen LogP) is 3.03. The number of hydrogen-bond acceptors (Lipinski definition) is 3. The zero-order valence-corrected chi connectivity index (χ0v) is 12.1. The molecule has 0 radical (unpaired) electrons. The van der Waals surface area contributed by atoms with Crippen molar-refractivity contribution in [3.8, 4) is 0 Å². The van der Waals surface area contributed by atoms with Crippen molar-refractivity contribution in [3.63, 3.8) is 0 Å². The number of carbonyl (C=O) groups excluding carboxylic acids is 1. The molecule has 0 aromatic heterocycles. The number of methoxy groups -OCH3 is 1. The largest absolute Gasteiger partial charge is 0.468 e. The van der Waals surface area contributed by atoms with Gasteiger partial charge in [0.1, 0.15) is 5.54 Å². The fourth-order valence-corrected chi connectivity index (χ4v) is 3.88. The minimum atomic E-state index is -0.425. The van der Waals surface area contributed by atoms with Crippen LogP contribution in [0, 0.1) is 5.41 Å². The summed E-state index contributed by atoms with van der Waals surface area (Å²) in [5.41, 5.74) is -0.191. The number of ether oxygens (including phenoxy) is 1. The first kappa shape index (κ1) is 13.9. The van der Waals surface area contributed by atoms with Crippen molar-refractivity contribution in [1.82, 2.24) is 5.32 Å². The van der Waals surface area contributed by atoms with E-state index >= 15 is 0 Å². The molecule has 2 aliphatic carbocycles. The van der Waals surface area contributed by atoms with Crippen LogP contribution in [0.25, 0.3) is 0 Å². The van der Waals surface area contributed by atoms with Gasteiger partial charge in [-0.2, -0.15) is 0 Å². The summed E-state index contributed by atoms with van der Waals surface area (Å²) >= 11 is 0. The Morgan fingerprint density at radius 1 is 1.17 bits per heavy atom. The fourth-order valence-electron chi connectivity index (χ4n) is 3.88. The Labute approximate surface area is 111 Å². The second kappa shape index (κ2) is 5.20. The smallest absolute Gasteiger partial charge is 0.326 e. The van der Waals surface area contributed by atoms with Crippen LogP contribution in [0.2, 0.25) is 0 Å². The first-order chi connectivity index (χ1) is 8.47. The van der Waals surface area contributed by atoms with Crippen LogP contribution in [0.15, 0.2) is 0 Å². The summed E-state index contributed by atoms with van der Waals surface area (Å²) in [5, 5.41) is 3.66. The van der Waals surface area contributed by atoms with Crippen molar-refractivity contribution in [2.45, 2.75) is 76.8 Å². The maximum Gasteiger partial charge on any atom is 0.326 e. The molecule has 3 heteroatoms. The number of rotatable bonds is 3. The fraction of sp³-hybridized carbons (Fsp3) is 0.933. The molecule has 0 aromatic carbocycles. The van der Waals surface area contributed by atoms with Crippen LogP contribution >= 0.6 is 0 Å². The highest BCUT2D eigenvalue weighted by atomic mass is 16.5. The van der Waals surface area contributed by atoms with Crippen molar-refractivity contribution in [3.05, 3.63) is 0 Å². The lowest BCUT2D eigenvalue weighted by Gasteiger charge is -2.44. The van der Waals surface area contributed by atoms with E-state index in [1.165, 1.54) is 39.2 Å². The Hall–Kier alpha value is -0.570. The van der Waals surface area contributed by atoms with Crippen molar-refractivity contribution >= 4 is 5.97 Å². The van der Waals surface area contributed by atoms with Gasteiger partial charge in [0.15, 0.2) is 0 Å². The van der Waals surface area contributed by atoms with Gasteiger partial charge < -0.3 is 4.74 Å². The van der Waals surface area contributed by atoms with Crippen LogP contribution in [0.1, 0.15) is 65.2 Å². The van der Waals surface area contributed by atoms with Gasteiger partial charge in [0, 0.05) is 6.04 Å². The van der Waals surface area contributed by atoms with Gasteiger partial charge in [0.2, 0.25) is 0 Å². The van der Waals surface area contributed by atoms with Crippen molar-refractivity contribution in [2.24, 2.45) is 5.41 Å². The molecule has 0 amide bonds. The maximum absolute atomic E-state index is 12.3. The molecule has 0 aliphatic heterocycles. The maximum atomic E-state index is 12.3. The molecule has 0 saturated heterocycles. The highest BCUT2D eigenvalue weighted by Crippen LogP contribution is 2.42. The van der Waals surface area contributed by atoms with E-state index in [1.807, 2.05) is 0 Å². The number of esters is 1. The van der Waals surface area contributed by atoms with E-state index in [9.17, 15) is 4.79 Å². The van der Waals surface area contributed by atoms with E-state index < -0.39 is 5.54 Å². The Balaban J connectivity index is 2.14. The van der Waals surface area contributed by atoms with Gasteiger partial charge in [-0.15, -0.1) is 0 Å². The lowest BCUT2D eigenvalue weighted by atomic mass is 9.67. The third kappa shape index (κ3) is 2.87. The molecular formula is C15H27NO2. The predicted molar refractivity (Wildman–Crippen MR) is 72.4 cm³/mol. The third-order valence-corrected chi connectivity index (χ3v) is 4.65. The van der Waals surface area contributed by atoms with E-state index in [-0.39, 0.29) is 11.4 Å². The van der Waals surface area contributed by atoms with Crippen LogP contribution < -0.4 is 5.32 Å². The molecule has 104 valence electrons. The van der Waals surface area contributed by atoms with Gasteiger partial charge in [0.25, 0.3) is 0 Å². The van der Waals surface area contributed by atoms with Gasteiger partial charge in [0.05, 0.1) is 7.11 Å². The van der Waals surface area contributed by atoms with Crippen molar-refractivity contribution in [1.29, 1.82) is 0 Å². The van der Waals surface area contributed by atoms with E-state index in [2.05, 4.69) is 19.2 Å². The van der Waals surface area contributed by atoms with Gasteiger partial charge in [-0.3, -0.25) is 10.1 Å². The highest BCUT2D eigenvalue weighted by molar-refractivity contribution is 5.81. The highest BCUT2D eigenvalue weighted by Gasteiger charge is 2.47. The average Bonchev–Trinajstić information content (AvgIpc) is 2.79. The SMILES string of the molecule is COC(=O)C1(NC2CCCC2)CCCC(C)(C)C1. The Morgan fingerprint density at radius 2 is 1.83 bits per heavy atom. The summed E-state index contributed by atoms with van der Waals surface area (Å²) in [6, 6.07) is 0.512. The van der Waals surface area contributed by atoms with Crippen LogP contribution in [-0.2, 0) is 9.53 Å². The first-order valence-corrected chi connectivity index (χ1v) is 7.34. The van der Waals surface area contributed by atoms with Crippen LogP contribution in [0.4, 0.5) is 0 Å². The van der Waals surface area contributed by atoms with Crippen LogP contribution in [-0.4, -0.2) is 24.7 Å². The molecule has 1 atom stereocenters. The quantitative estimate of drug-likeness (QED) is 0.786. The Kier molecular flexibility index (Phi) is 4.00. The van der Waals surface area contributed by atoms with Crippen LogP contribution in [0.3, 0.4) is 0 Å². The lowest BCUT2D eigenvalue weighted by Crippen LogP contribution is -2.59. The van der Waals surface area contributed by atoms with Crippen molar-refractivity contribution in [2.75, 3.05) is 7.11 Å². The zero-order valence-electron chi connectivity index (χ0n) is 12.1. The van der Waals surface area contributed by atoms with E-state index in [0.717, 1.165) is 19.3 Å². The minimum absolute atomic E-state index is 0.0535. The zero-order chi connectivity index (χ0) is 13.2.